The van der Waals surface area contributed by atoms with Gasteiger partial charge in [0, 0.05) is 11.8 Å². The molecule has 0 fully saturated rings. The summed E-state index contributed by atoms with van der Waals surface area (Å²) in [6, 6.07) is 5.86. The lowest BCUT2D eigenvalue weighted by Crippen LogP contribution is -2.09. The van der Waals surface area contributed by atoms with Crippen LogP contribution in [-0.2, 0) is 16.0 Å². The van der Waals surface area contributed by atoms with Crippen LogP contribution in [0.4, 0.5) is 17.6 Å². The SMILES string of the molecule is COc1ccc(-c2nc(C(F)(F)F)nn2-c2ccc(S(C)(=O)=O)nc2)cc1F. The third-order valence-corrected chi connectivity index (χ3v) is 4.62. The molecule has 7 nitrogen and oxygen atoms in total. The fraction of sp³-hybridized carbons (Fsp3) is 0.188. The van der Waals surface area contributed by atoms with E-state index in [1.54, 1.807) is 0 Å². The van der Waals surface area contributed by atoms with Gasteiger partial charge in [-0.25, -0.2) is 27.5 Å². The first kappa shape index (κ1) is 19.7. The van der Waals surface area contributed by atoms with Crippen LogP contribution in [-0.4, -0.2) is 41.5 Å². The molecule has 1 aromatic carbocycles. The monoisotopic (exact) mass is 416 g/mol. The Morgan fingerprint density at radius 1 is 1.14 bits per heavy atom. The molecule has 148 valence electrons. The van der Waals surface area contributed by atoms with Crippen molar-refractivity contribution in [3.05, 3.63) is 48.2 Å². The van der Waals surface area contributed by atoms with Crippen LogP contribution < -0.4 is 4.74 Å². The smallest absolute Gasteiger partial charge is 0.453 e. The minimum absolute atomic E-state index is 0.00786. The lowest BCUT2D eigenvalue weighted by Gasteiger charge is -2.08. The van der Waals surface area contributed by atoms with Gasteiger partial charge < -0.3 is 4.74 Å². The second-order valence-electron chi connectivity index (χ2n) is 5.64. The molecule has 0 aliphatic heterocycles. The number of benzene rings is 1. The first-order valence-corrected chi connectivity index (χ1v) is 9.44. The molecule has 0 N–H and O–H groups in total. The number of ether oxygens (including phenoxy) is 1. The van der Waals surface area contributed by atoms with E-state index < -0.39 is 27.7 Å². The zero-order valence-electron chi connectivity index (χ0n) is 14.4. The Labute approximate surface area is 156 Å². The van der Waals surface area contributed by atoms with E-state index in [4.69, 9.17) is 4.74 Å². The van der Waals surface area contributed by atoms with Gasteiger partial charge in [0.2, 0.25) is 0 Å². The number of methoxy groups -OCH3 is 1. The van der Waals surface area contributed by atoms with Gasteiger partial charge in [-0.05, 0) is 30.3 Å². The maximum Gasteiger partial charge on any atom is 0.453 e. The van der Waals surface area contributed by atoms with Crippen molar-refractivity contribution in [1.82, 2.24) is 19.7 Å². The molecule has 0 radical (unpaired) electrons. The fourth-order valence-corrected chi connectivity index (χ4v) is 2.88. The molecule has 0 unspecified atom stereocenters. The Morgan fingerprint density at radius 2 is 1.86 bits per heavy atom. The summed E-state index contributed by atoms with van der Waals surface area (Å²) < 4.78 is 81.9. The molecule has 0 amide bonds. The molecule has 12 heteroatoms. The molecular formula is C16H12F4N4O3S. The Bertz CT molecular complexity index is 1130. The second-order valence-corrected chi connectivity index (χ2v) is 7.61. The van der Waals surface area contributed by atoms with Gasteiger partial charge in [0.15, 0.2) is 32.3 Å². The van der Waals surface area contributed by atoms with Crippen LogP contribution in [0.1, 0.15) is 5.82 Å². The van der Waals surface area contributed by atoms with E-state index in [1.807, 2.05) is 0 Å². The van der Waals surface area contributed by atoms with Gasteiger partial charge >= 0.3 is 6.18 Å². The molecule has 0 aliphatic rings. The summed E-state index contributed by atoms with van der Waals surface area (Å²) in [6.07, 6.45) is -2.86. The van der Waals surface area contributed by atoms with Crippen LogP contribution >= 0.6 is 0 Å². The summed E-state index contributed by atoms with van der Waals surface area (Å²) in [5, 5.41) is 3.17. The van der Waals surface area contributed by atoms with Crippen LogP contribution in [0.2, 0.25) is 0 Å². The van der Waals surface area contributed by atoms with Crippen molar-refractivity contribution < 1.29 is 30.7 Å². The average Bonchev–Trinajstić information content (AvgIpc) is 3.07. The number of pyridine rings is 1. The Morgan fingerprint density at radius 3 is 2.36 bits per heavy atom. The summed E-state index contributed by atoms with van der Waals surface area (Å²) in [6.45, 7) is 0. The number of aromatic nitrogens is 4. The minimum Gasteiger partial charge on any atom is -0.494 e. The van der Waals surface area contributed by atoms with Gasteiger partial charge in [0.05, 0.1) is 19.0 Å². The first-order chi connectivity index (χ1) is 13.0. The van der Waals surface area contributed by atoms with Crippen molar-refractivity contribution >= 4 is 9.84 Å². The molecule has 0 saturated heterocycles. The lowest BCUT2D eigenvalue weighted by atomic mass is 10.2. The molecule has 0 saturated carbocycles. The number of rotatable bonds is 4. The third-order valence-electron chi connectivity index (χ3n) is 3.62. The highest BCUT2D eigenvalue weighted by atomic mass is 32.2. The average molecular weight is 416 g/mol. The molecule has 0 bridgehead atoms. The van der Waals surface area contributed by atoms with Gasteiger partial charge in [-0.2, -0.15) is 13.2 Å². The highest BCUT2D eigenvalue weighted by Crippen LogP contribution is 2.31. The molecule has 2 heterocycles. The summed E-state index contributed by atoms with van der Waals surface area (Å²) >= 11 is 0. The predicted molar refractivity (Wildman–Crippen MR) is 89.2 cm³/mol. The van der Waals surface area contributed by atoms with E-state index >= 15 is 0 Å². The van der Waals surface area contributed by atoms with Gasteiger partial charge in [0.25, 0.3) is 5.82 Å². The molecule has 2 aromatic heterocycles. The molecular weight excluding hydrogens is 404 g/mol. The van der Waals surface area contributed by atoms with Crippen molar-refractivity contribution in [2.75, 3.05) is 13.4 Å². The summed E-state index contributed by atoms with van der Waals surface area (Å²) in [4.78, 5) is 7.19. The summed E-state index contributed by atoms with van der Waals surface area (Å²) in [5.41, 5.74) is 0.0233. The van der Waals surface area contributed by atoms with Crippen LogP contribution in [0.3, 0.4) is 0 Å². The van der Waals surface area contributed by atoms with Gasteiger partial charge in [0.1, 0.15) is 0 Å². The minimum atomic E-state index is -4.84. The predicted octanol–water partition coefficient (Wildman–Crippen LogP) is 2.90. The van der Waals surface area contributed by atoms with Crippen LogP contribution in [0.15, 0.2) is 41.6 Å². The molecule has 3 rings (SSSR count). The molecule has 0 spiro atoms. The number of nitrogens with zero attached hydrogens (tertiary/aromatic N) is 4. The van der Waals surface area contributed by atoms with E-state index in [-0.39, 0.29) is 27.9 Å². The number of hydrogen-bond acceptors (Lipinski definition) is 6. The van der Waals surface area contributed by atoms with E-state index in [1.165, 1.54) is 25.3 Å². The van der Waals surface area contributed by atoms with E-state index in [0.717, 1.165) is 29.3 Å². The molecule has 3 aromatic rings. The van der Waals surface area contributed by atoms with E-state index in [0.29, 0.717) is 0 Å². The van der Waals surface area contributed by atoms with Gasteiger partial charge in [-0.3, -0.25) is 0 Å². The standard InChI is InChI=1S/C16H12F4N4O3S/c1-27-12-5-3-9(7-11(12)17)14-22-15(16(18,19)20)23-24(14)10-4-6-13(21-8-10)28(2,25)26/h3-8H,1-2H3. The van der Waals surface area contributed by atoms with Crippen LogP contribution in [0.5, 0.6) is 5.75 Å². The Hall–Kier alpha value is -3.02. The molecule has 28 heavy (non-hydrogen) atoms. The van der Waals surface area contributed by atoms with Crippen LogP contribution in [0.25, 0.3) is 17.1 Å². The summed E-state index contributed by atoms with van der Waals surface area (Å²) in [5.74, 6) is -2.63. The Balaban J connectivity index is 2.18. The van der Waals surface area contributed by atoms with Gasteiger partial charge in [-0.15, -0.1) is 5.10 Å². The number of halogens is 4. The summed E-state index contributed by atoms with van der Waals surface area (Å²) in [7, 11) is -2.35. The highest BCUT2D eigenvalue weighted by Gasteiger charge is 2.37. The van der Waals surface area contributed by atoms with Crippen LogP contribution in [0, 0.1) is 5.82 Å². The quantitative estimate of drug-likeness (QED) is 0.608. The third kappa shape index (κ3) is 3.81. The fourth-order valence-electron chi connectivity index (χ4n) is 2.32. The topological polar surface area (TPSA) is 87.0 Å². The molecule has 0 atom stereocenters. The maximum atomic E-state index is 14.0. The normalized spacial score (nSPS) is 12.2. The van der Waals surface area contributed by atoms with Crippen molar-refractivity contribution in [2.24, 2.45) is 0 Å². The van der Waals surface area contributed by atoms with Gasteiger partial charge in [-0.1, -0.05) is 0 Å². The van der Waals surface area contributed by atoms with Crippen molar-refractivity contribution in [3.63, 3.8) is 0 Å². The largest absolute Gasteiger partial charge is 0.494 e. The van der Waals surface area contributed by atoms with Crippen molar-refractivity contribution in [3.8, 4) is 22.8 Å². The number of hydrogen-bond donors (Lipinski definition) is 0. The molecule has 0 aliphatic carbocycles. The zero-order chi connectivity index (χ0) is 20.7. The van der Waals surface area contributed by atoms with Crippen molar-refractivity contribution in [2.45, 2.75) is 11.2 Å². The second kappa shape index (κ2) is 6.86. The lowest BCUT2D eigenvalue weighted by molar-refractivity contribution is -0.144. The maximum absolute atomic E-state index is 14.0. The highest BCUT2D eigenvalue weighted by molar-refractivity contribution is 7.90. The zero-order valence-corrected chi connectivity index (χ0v) is 15.2. The van der Waals surface area contributed by atoms with Crippen molar-refractivity contribution in [1.29, 1.82) is 0 Å². The van der Waals surface area contributed by atoms with E-state index in [9.17, 15) is 26.0 Å². The number of sulfone groups is 1. The van der Waals surface area contributed by atoms with E-state index in [2.05, 4.69) is 15.1 Å². The number of alkyl halides is 3. The Kier molecular flexibility index (Phi) is 4.83. The first-order valence-electron chi connectivity index (χ1n) is 7.55.